The van der Waals surface area contributed by atoms with E-state index in [1.165, 1.54) is 0 Å². The molecule has 0 bridgehead atoms. The van der Waals surface area contributed by atoms with Crippen LogP contribution >= 0.6 is 0 Å². The van der Waals surface area contributed by atoms with Crippen LogP contribution in [0.25, 0.3) is 0 Å². The molecular formula is C17H17NO3. The van der Waals surface area contributed by atoms with Crippen molar-refractivity contribution < 1.29 is 14.7 Å². The summed E-state index contributed by atoms with van der Waals surface area (Å²) in [6.07, 6.45) is 0.454. The van der Waals surface area contributed by atoms with Crippen molar-refractivity contribution in [1.82, 2.24) is 5.32 Å². The molecule has 108 valence electrons. The second-order valence-corrected chi connectivity index (χ2v) is 4.81. The highest BCUT2D eigenvalue weighted by molar-refractivity contribution is 5.85. The van der Waals surface area contributed by atoms with Gasteiger partial charge in [-0.05, 0) is 11.1 Å². The van der Waals surface area contributed by atoms with Crippen LogP contribution < -0.4 is 5.32 Å². The SMILES string of the molecule is O=C(Cc1ccccc1)N[C@H](Cc1ccccc1)C(=O)O. The van der Waals surface area contributed by atoms with Gasteiger partial charge in [-0.1, -0.05) is 60.7 Å². The molecule has 1 atom stereocenters. The van der Waals surface area contributed by atoms with Crippen molar-refractivity contribution in [2.75, 3.05) is 0 Å². The number of aliphatic carboxylic acids is 1. The molecule has 0 heterocycles. The Morgan fingerprint density at radius 1 is 0.905 bits per heavy atom. The first-order chi connectivity index (χ1) is 10.1. The molecule has 0 spiro atoms. The lowest BCUT2D eigenvalue weighted by atomic mass is 10.1. The molecule has 0 aliphatic carbocycles. The molecule has 4 nitrogen and oxygen atoms in total. The minimum Gasteiger partial charge on any atom is -0.480 e. The number of carbonyl (C=O) groups excluding carboxylic acids is 1. The smallest absolute Gasteiger partial charge is 0.326 e. The lowest BCUT2D eigenvalue weighted by molar-refractivity contribution is -0.141. The number of carboxylic acids is 1. The number of rotatable bonds is 6. The van der Waals surface area contributed by atoms with Gasteiger partial charge in [-0.2, -0.15) is 0 Å². The van der Waals surface area contributed by atoms with Crippen molar-refractivity contribution in [3.63, 3.8) is 0 Å². The fourth-order valence-electron chi connectivity index (χ4n) is 2.08. The molecule has 0 aromatic heterocycles. The molecule has 2 rings (SSSR count). The number of hydrogen-bond acceptors (Lipinski definition) is 2. The van der Waals surface area contributed by atoms with E-state index in [1.807, 2.05) is 60.7 Å². The minimum atomic E-state index is -1.03. The zero-order valence-electron chi connectivity index (χ0n) is 11.5. The first kappa shape index (κ1) is 14.8. The maximum absolute atomic E-state index is 11.9. The van der Waals surface area contributed by atoms with E-state index in [4.69, 9.17) is 0 Å². The molecular weight excluding hydrogens is 266 g/mol. The van der Waals surface area contributed by atoms with Gasteiger partial charge in [-0.25, -0.2) is 4.79 Å². The highest BCUT2D eigenvalue weighted by atomic mass is 16.4. The highest BCUT2D eigenvalue weighted by Crippen LogP contribution is 2.05. The van der Waals surface area contributed by atoms with E-state index in [9.17, 15) is 14.7 Å². The zero-order chi connectivity index (χ0) is 15.1. The van der Waals surface area contributed by atoms with Crippen molar-refractivity contribution in [3.8, 4) is 0 Å². The van der Waals surface area contributed by atoms with Crippen molar-refractivity contribution in [2.45, 2.75) is 18.9 Å². The summed E-state index contributed by atoms with van der Waals surface area (Å²) in [5.74, 6) is -1.32. The van der Waals surface area contributed by atoms with Gasteiger partial charge < -0.3 is 10.4 Å². The average molecular weight is 283 g/mol. The van der Waals surface area contributed by atoms with Crippen molar-refractivity contribution >= 4 is 11.9 Å². The molecule has 21 heavy (non-hydrogen) atoms. The number of carbonyl (C=O) groups is 2. The Hall–Kier alpha value is -2.62. The predicted octanol–water partition coefficient (Wildman–Crippen LogP) is 2.04. The molecule has 2 aromatic carbocycles. The third-order valence-corrected chi connectivity index (χ3v) is 3.12. The van der Waals surface area contributed by atoms with Crippen LogP contribution in [0, 0.1) is 0 Å². The molecule has 0 unspecified atom stereocenters. The fraction of sp³-hybridized carbons (Fsp3) is 0.176. The van der Waals surface area contributed by atoms with Gasteiger partial charge in [-0.3, -0.25) is 4.79 Å². The molecule has 2 N–H and O–H groups in total. The first-order valence-corrected chi connectivity index (χ1v) is 6.75. The van der Waals surface area contributed by atoms with E-state index in [1.54, 1.807) is 0 Å². The van der Waals surface area contributed by atoms with Gasteiger partial charge in [0.1, 0.15) is 6.04 Å². The molecule has 0 saturated heterocycles. The number of hydrogen-bond donors (Lipinski definition) is 2. The summed E-state index contributed by atoms with van der Waals surface area (Å²) in [4.78, 5) is 23.2. The molecule has 0 aliphatic heterocycles. The Kier molecular flexibility index (Phi) is 5.10. The second kappa shape index (κ2) is 7.24. The number of carboxylic acid groups (broad SMARTS) is 1. The topological polar surface area (TPSA) is 66.4 Å². The summed E-state index contributed by atoms with van der Waals surface area (Å²) in [7, 11) is 0. The van der Waals surface area contributed by atoms with Crippen molar-refractivity contribution in [1.29, 1.82) is 0 Å². The third-order valence-electron chi connectivity index (χ3n) is 3.12. The Morgan fingerprint density at radius 2 is 1.43 bits per heavy atom. The molecule has 4 heteroatoms. The fourth-order valence-corrected chi connectivity index (χ4v) is 2.08. The lowest BCUT2D eigenvalue weighted by Gasteiger charge is -2.14. The summed E-state index contributed by atoms with van der Waals surface area (Å²) >= 11 is 0. The van der Waals surface area contributed by atoms with E-state index in [-0.39, 0.29) is 18.7 Å². The van der Waals surface area contributed by atoms with E-state index in [0.29, 0.717) is 0 Å². The van der Waals surface area contributed by atoms with Crippen LogP contribution in [0.2, 0.25) is 0 Å². The van der Waals surface area contributed by atoms with E-state index in [2.05, 4.69) is 5.32 Å². The molecule has 0 saturated carbocycles. The summed E-state index contributed by atoms with van der Waals surface area (Å²) < 4.78 is 0. The van der Waals surface area contributed by atoms with Crippen LogP contribution in [-0.4, -0.2) is 23.0 Å². The Balaban J connectivity index is 1.96. The van der Waals surface area contributed by atoms with Crippen LogP contribution in [0.5, 0.6) is 0 Å². The molecule has 0 fully saturated rings. The quantitative estimate of drug-likeness (QED) is 0.852. The lowest BCUT2D eigenvalue weighted by Crippen LogP contribution is -2.43. The summed E-state index contributed by atoms with van der Waals surface area (Å²) in [6.45, 7) is 0. The van der Waals surface area contributed by atoms with Gasteiger partial charge >= 0.3 is 5.97 Å². The number of amides is 1. The van der Waals surface area contributed by atoms with Crippen molar-refractivity contribution in [2.24, 2.45) is 0 Å². The summed E-state index contributed by atoms with van der Waals surface area (Å²) in [6, 6.07) is 17.6. The monoisotopic (exact) mass is 283 g/mol. The molecule has 2 aromatic rings. The van der Waals surface area contributed by atoms with Crippen LogP contribution in [0.4, 0.5) is 0 Å². The van der Waals surface area contributed by atoms with Gasteiger partial charge in [0.05, 0.1) is 6.42 Å². The first-order valence-electron chi connectivity index (χ1n) is 6.75. The minimum absolute atomic E-state index is 0.180. The Labute approximate surface area is 123 Å². The van der Waals surface area contributed by atoms with E-state index in [0.717, 1.165) is 11.1 Å². The van der Waals surface area contributed by atoms with Gasteiger partial charge in [0.15, 0.2) is 0 Å². The normalized spacial score (nSPS) is 11.6. The second-order valence-electron chi connectivity index (χ2n) is 4.81. The zero-order valence-corrected chi connectivity index (χ0v) is 11.5. The van der Waals surface area contributed by atoms with Gasteiger partial charge in [0.2, 0.25) is 5.91 Å². The average Bonchev–Trinajstić information content (AvgIpc) is 2.48. The third kappa shape index (κ3) is 4.76. The van der Waals surface area contributed by atoms with E-state index >= 15 is 0 Å². The van der Waals surface area contributed by atoms with Crippen LogP contribution in [-0.2, 0) is 22.4 Å². The highest BCUT2D eigenvalue weighted by Gasteiger charge is 2.20. The van der Waals surface area contributed by atoms with E-state index < -0.39 is 12.0 Å². The maximum Gasteiger partial charge on any atom is 0.326 e. The van der Waals surface area contributed by atoms with Crippen molar-refractivity contribution in [3.05, 3.63) is 71.8 Å². The maximum atomic E-state index is 11.9. The predicted molar refractivity (Wildman–Crippen MR) is 79.9 cm³/mol. The number of benzene rings is 2. The van der Waals surface area contributed by atoms with Crippen LogP contribution in [0.1, 0.15) is 11.1 Å². The molecule has 0 aliphatic rings. The molecule has 1 amide bonds. The Bertz CT molecular complexity index is 596. The van der Waals surface area contributed by atoms with Gasteiger partial charge in [-0.15, -0.1) is 0 Å². The summed E-state index contributed by atoms with van der Waals surface area (Å²) in [5.41, 5.74) is 1.74. The standard InChI is InChI=1S/C17H17NO3/c19-16(12-14-9-5-2-6-10-14)18-15(17(20)21)11-13-7-3-1-4-8-13/h1-10,15H,11-12H2,(H,18,19)(H,20,21)/t15-/m1/s1. The number of nitrogens with one attached hydrogen (secondary N) is 1. The summed E-state index contributed by atoms with van der Waals surface area (Å²) in [5, 5.41) is 11.8. The largest absolute Gasteiger partial charge is 0.480 e. The van der Waals surface area contributed by atoms with Crippen LogP contribution in [0.15, 0.2) is 60.7 Å². The van der Waals surface area contributed by atoms with Gasteiger partial charge in [0.25, 0.3) is 0 Å². The molecule has 0 radical (unpaired) electrons. The van der Waals surface area contributed by atoms with Gasteiger partial charge in [0, 0.05) is 6.42 Å². The van der Waals surface area contributed by atoms with Crippen LogP contribution in [0.3, 0.4) is 0 Å². The Morgan fingerprint density at radius 3 is 1.95 bits per heavy atom.